The van der Waals surface area contributed by atoms with Gasteiger partial charge in [0.2, 0.25) is 5.91 Å². The number of rotatable bonds is 7. The highest BCUT2D eigenvalue weighted by Crippen LogP contribution is 2.34. The molecule has 0 radical (unpaired) electrons. The van der Waals surface area contributed by atoms with Crippen LogP contribution < -0.4 is 10.6 Å². The predicted octanol–water partition coefficient (Wildman–Crippen LogP) is 3.54. The standard InChI is InChI=1S/C21H21F2N3O3/c1-2-3-12-21(14-4-6-15(22)7-5-14)19(28)26(20(29)25-21)13-18(27)24-17-10-8-16(23)9-11-17/h4-11H,2-3,12-13H2,1H3,(H,24,27)(H,25,29). The van der Waals surface area contributed by atoms with E-state index in [1.807, 2.05) is 6.92 Å². The summed E-state index contributed by atoms with van der Waals surface area (Å²) in [5.41, 5.74) is -0.525. The van der Waals surface area contributed by atoms with Crippen molar-refractivity contribution in [3.05, 3.63) is 65.7 Å². The van der Waals surface area contributed by atoms with Gasteiger partial charge in [-0.05, 0) is 48.4 Å². The molecule has 2 N–H and O–H groups in total. The van der Waals surface area contributed by atoms with Crippen LogP contribution in [0.25, 0.3) is 0 Å². The largest absolute Gasteiger partial charge is 0.325 e. The SMILES string of the molecule is CCCCC1(c2ccc(F)cc2)NC(=O)N(CC(=O)Nc2ccc(F)cc2)C1=O. The number of carbonyl (C=O) groups excluding carboxylic acids is 3. The molecule has 1 atom stereocenters. The van der Waals surface area contributed by atoms with Crippen molar-refractivity contribution in [2.24, 2.45) is 0 Å². The van der Waals surface area contributed by atoms with Crippen molar-refractivity contribution in [1.82, 2.24) is 10.2 Å². The lowest BCUT2D eigenvalue weighted by Gasteiger charge is -2.27. The van der Waals surface area contributed by atoms with Gasteiger partial charge in [0.25, 0.3) is 5.91 Å². The van der Waals surface area contributed by atoms with E-state index >= 15 is 0 Å². The highest BCUT2D eigenvalue weighted by Gasteiger charge is 2.52. The van der Waals surface area contributed by atoms with Crippen LogP contribution in [0.3, 0.4) is 0 Å². The molecule has 1 aliphatic rings. The summed E-state index contributed by atoms with van der Waals surface area (Å²) >= 11 is 0. The molecule has 152 valence electrons. The number of urea groups is 1. The molecular weight excluding hydrogens is 380 g/mol. The van der Waals surface area contributed by atoms with E-state index in [0.29, 0.717) is 24.1 Å². The summed E-state index contributed by atoms with van der Waals surface area (Å²) in [6, 6.07) is 9.83. The number of anilines is 1. The summed E-state index contributed by atoms with van der Waals surface area (Å²) in [7, 11) is 0. The second kappa shape index (κ2) is 8.38. The lowest BCUT2D eigenvalue weighted by molar-refractivity contribution is -0.134. The van der Waals surface area contributed by atoms with Crippen LogP contribution in [0.5, 0.6) is 0 Å². The minimum Gasteiger partial charge on any atom is -0.325 e. The summed E-state index contributed by atoms with van der Waals surface area (Å²) in [4.78, 5) is 38.9. The highest BCUT2D eigenvalue weighted by molar-refractivity contribution is 6.10. The first-order chi connectivity index (χ1) is 13.9. The third kappa shape index (κ3) is 4.26. The number of halogens is 2. The van der Waals surface area contributed by atoms with Crippen LogP contribution in [0.2, 0.25) is 0 Å². The van der Waals surface area contributed by atoms with Crippen LogP contribution in [-0.4, -0.2) is 29.3 Å². The Hall–Kier alpha value is -3.29. The summed E-state index contributed by atoms with van der Waals surface area (Å²) in [5.74, 6) is -2.05. The van der Waals surface area contributed by atoms with Crippen molar-refractivity contribution < 1.29 is 23.2 Å². The maximum atomic E-state index is 13.3. The van der Waals surface area contributed by atoms with Gasteiger partial charge in [0, 0.05) is 5.69 Å². The van der Waals surface area contributed by atoms with Gasteiger partial charge in [0.15, 0.2) is 0 Å². The summed E-state index contributed by atoms with van der Waals surface area (Å²) in [6.07, 6.45) is 1.77. The molecule has 1 unspecified atom stereocenters. The Morgan fingerprint density at radius 1 is 1.03 bits per heavy atom. The van der Waals surface area contributed by atoms with E-state index in [1.54, 1.807) is 0 Å². The van der Waals surface area contributed by atoms with Gasteiger partial charge in [0.1, 0.15) is 23.7 Å². The van der Waals surface area contributed by atoms with E-state index in [4.69, 9.17) is 0 Å². The van der Waals surface area contributed by atoms with Crippen LogP contribution in [-0.2, 0) is 15.1 Å². The van der Waals surface area contributed by atoms with E-state index in [0.717, 1.165) is 11.3 Å². The van der Waals surface area contributed by atoms with Crippen molar-refractivity contribution in [3.8, 4) is 0 Å². The first-order valence-electron chi connectivity index (χ1n) is 9.31. The van der Waals surface area contributed by atoms with Gasteiger partial charge in [-0.1, -0.05) is 31.9 Å². The van der Waals surface area contributed by atoms with Crippen LogP contribution in [0.15, 0.2) is 48.5 Å². The van der Waals surface area contributed by atoms with Crippen molar-refractivity contribution in [2.45, 2.75) is 31.7 Å². The number of benzene rings is 2. The third-order valence-electron chi connectivity index (χ3n) is 4.85. The molecule has 1 fully saturated rings. The third-order valence-corrected chi connectivity index (χ3v) is 4.85. The molecule has 29 heavy (non-hydrogen) atoms. The molecular formula is C21H21F2N3O3. The minimum absolute atomic E-state index is 0.329. The fourth-order valence-electron chi connectivity index (χ4n) is 3.33. The average Bonchev–Trinajstić information content (AvgIpc) is 2.94. The molecule has 0 bridgehead atoms. The Morgan fingerprint density at radius 2 is 1.62 bits per heavy atom. The van der Waals surface area contributed by atoms with Crippen LogP contribution >= 0.6 is 0 Å². The van der Waals surface area contributed by atoms with Crippen LogP contribution in [0.4, 0.5) is 19.3 Å². The molecule has 6 nitrogen and oxygen atoms in total. The van der Waals surface area contributed by atoms with Gasteiger partial charge in [-0.3, -0.25) is 14.5 Å². The molecule has 0 saturated carbocycles. The molecule has 1 saturated heterocycles. The molecule has 2 aromatic rings. The molecule has 0 aliphatic carbocycles. The Kier molecular flexibility index (Phi) is 5.91. The Bertz CT molecular complexity index is 916. The number of hydrogen-bond acceptors (Lipinski definition) is 3. The van der Waals surface area contributed by atoms with Crippen molar-refractivity contribution in [1.29, 1.82) is 0 Å². The quantitative estimate of drug-likeness (QED) is 0.697. The monoisotopic (exact) mass is 401 g/mol. The smallest absolute Gasteiger partial charge is 0.325 e. The second-order valence-corrected chi connectivity index (χ2v) is 6.89. The van der Waals surface area contributed by atoms with Crippen LogP contribution in [0, 0.1) is 11.6 Å². The number of nitrogens with zero attached hydrogens (tertiary/aromatic N) is 1. The van der Waals surface area contributed by atoms with E-state index < -0.39 is 41.6 Å². The normalized spacial score (nSPS) is 18.7. The number of amides is 4. The zero-order chi connectivity index (χ0) is 21.0. The second-order valence-electron chi connectivity index (χ2n) is 6.89. The zero-order valence-electron chi connectivity index (χ0n) is 15.9. The first kappa shape index (κ1) is 20.4. The summed E-state index contributed by atoms with van der Waals surface area (Å²) < 4.78 is 26.3. The first-order valence-corrected chi connectivity index (χ1v) is 9.31. The van der Waals surface area contributed by atoms with Crippen molar-refractivity contribution >= 4 is 23.5 Å². The Balaban J connectivity index is 1.80. The number of carbonyl (C=O) groups is 3. The van der Waals surface area contributed by atoms with E-state index in [1.165, 1.54) is 48.5 Å². The van der Waals surface area contributed by atoms with Crippen molar-refractivity contribution in [3.63, 3.8) is 0 Å². The van der Waals surface area contributed by atoms with Gasteiger partial charge < -0.3 is 10.6 Å². The highest BCUT2D eigenvalue weighted by atomic mass is 19.1. The molecule has 0 aromatic heterocycles. The number of hydrogen-bond donors (Lipinski definition) is 2. The van der Waals surface area contributed by atoms with Gasteiger partial charge in [-0.2, -0.15) is 0 Å². The lowest BCUT2D eigenvalue weighted by atomic mass is 9.85. The molecule has 1 aliphatic heterocycles. The van der Waals surface area contributed by atoms with E-state index in [-0.39, 0.29) is 0 Å². The minimum atomic E-state index is -1.34. The molecule has 1 heterocycles. The van der Waals surface area contributed by atoms with Gasteiger partial charge in [-0.25, -0.2) is 13.6 Å². The van der Waals surface area contributed by atoms with Gasteiger partial charge in [-0.15, -0.1) is 0 Å². The van der Waals surface area contributed by atoms with Gasteiger partial charge >= 0.3 is 6.03 Å². The maximum absolute atomic E-state index is 13.3. The fourth-order valence-corrected chi connectivity index (χ4v) is 3.33. The molecule has 2 aromatic carbocycles. The van der Waals surface area contributed by atoms with Crippen LogP contribution in [0.1, 0.15) is 31.7 Å². The van der Waals surface area contributed by atoms with E-state index in [9.17, 15) is 23.2 Å². The van der Waals surface area contributed by atoms with Crippen molar-refractivity contribution in [2.75, 3.05) is 11.9 Å². The zero-order valence-corrected chi connectivity index (χ0v) is 15.9. The maximum Gasteiger partial charge on any atom is 0.325 e. The predicted molar refractivity (Wildman–Crippen MR) is 103 cm³/mol. The fraction of sp³-hybridized carbons (Fsp3) is 0.286. The molecule has 8 heteroatoms. The average molecular weight is 401 g/mol. The topological polar surface area (TPSA) is 78.5 Å². The summed E-state index contributed by atoms with van der Waals surface area (Å²) in [6.45, 7) is 1.46. The van der Waals surface area contributed by atoms with Gasteiger partial charge in [0.05, 0.1) is 0 Å². The molecule has 0 spiro atoms. The summed E-state index contributed by atoms with van der Waals surface area (Å²) in [5, 5.41) is 5.23. The Labute approximate surface area is 166 Å². The number of imide groups is 1. The van der Waals surface area contributed by atoms with E-state index in [2.05, 4.69) is 10.6 Å². The molecule has 3 rings (SSSR count). The number of nitrogens with one attached hydrogen (secondary N) is 2. The lowest BCUT2D eigenvalue weighted by Crippen LogP contribution is -2.44. The molecule has 4 amide bonds. The Morgan fingerprint density at radius 3 is 2.21 bits per heavy atom. The number of unbranched alkanes of at least 4 members (excludes halogenated alkanes) is 1.